The highest BCUT2D eigenvalue weighted by molar-refractivity contribution is 5.84. The molecule has 1 aliphatic carbocycles. The largest absolute Gasteiger partial charge is 0.394 e. The van der Waals surface area contributed by atoms with Crippen molar-refractivity contribution in [1.82, 2.24) is 5.32 Å². The summed E-state index contributed by atoms with van der Waals surface area (Å²) >= 11 is 0. The summed E-state index contributed by atoms with van der Waals surface area (Å²) in [6.07, 6.45) is 9.48. The van der Waals surface area contributed by atoms with Crippen LogP contribution in [-0.2, 0) is 16.0 Å². The Bertz CT molecular complexity index is 774. The number of unbranched alkanes of at least 4 members (excludes halogenated alkanes) is 1. The van der Waals surface area contributed by atoms with E-state index >= 15 is 0 Å². The zero-order chi connectivity index (χ0) is 24.1. The molecule has 2 rings (SSSR count). The number of aliphatic hydroxyl groups is 4. The number of hydrogen-bond donors (Lipinski definition) is 5. The molecule has 5 N–H and O–H groups in total. The van der Waals surface area contributed by atoms with E-state index in [0.29, 0.717) is 25.7 Å². The number of hydrogen-bond acceptors (Lipinski definition) is 6. The molecule has 33 heavy (non-hydrogen) atoms. The number of ketones is 1. The molecule has 0 spiro atoms. The average molecular weight is 460 g/mol. The van der Waals surface area contributed by atoms with Gasteiger partial charge in [-0.1, -0.05) is 54.6 Å². The predicted molar refractivity (Wildman–Crippen MR) is 126 cm³/mol. The van der Waals surface area contributed by atoms with Crippen molar-refractivity contribution >= 4 is 11.7 Å². The third-order valence-corrected chi connectivity index (χ3v) is 6.00. The van der Waals surface area contributed by atoms with Crippen molar-refractivity contribution in [2.24, 2.45) is 11.8 Å². The van der Waals surface area contributed by atoms with Crippen LogP contribution in [-0.4, -0.2) is 63.6 Å². The van der Waals surface area contributed by atoms with Gasteiger partial charge in [0, 0.05) is 24.7 Å². The van der Waals surface area contributed by atoms with Gasteiger partial charge >= 0.3 is 0 Å². The molecule has 4 atom stereocenters. The number of Topliss-reactive ketones (excluding diaryl/α,β-unsaturated/α-hetero) is 1. The second-order valence-corrected chi connectivity index (χ2v) is 8.63. The van der Waals surface area contributed by atoms with Crippen LogP contribution in [0, 0.1) is 11.8 Å². The lowest BCUT2D eigenvalue weighted by molar-refractivity contribution is -0.122. The van der Waals surface area contributed by atoms with E-state index in [1.54, 1.807) is 12.2 Å². The summed E-state index contributed by atoms with van der Waals surface area (Å²) in [5.41, 5.74) is 1.16. The van der Waals surface area contributed by atoms with Gasteiger partial charge in [0.05, 0.1) is 31.5 Å². The molecule has 182 valence electrons. The first-order valence-corrected chi connectivity index (χ1v) is 11.7. The van der Waals surface area contributed by atoms with Gasteiger partial charge in [-0.3, -0.25) is 9.59 Å². The van der Waals surface area contributed by atoms with Crippen LogP contribution in [0.25, 0.3) is 0 Å². The first-order valence-electron chi connectivity index (χ1n) is 11.7. The molecule has 0 aliphatic heterocycles. The van der Waals surface area contributed by atoms with Gasteiger partial charge in [-0.15, -0.1) is 0 Å². The molecule has 0 saturated heterocycles. The van der Waals surface area contributed by atoms with Gasteiger partial charge in [0.25, 0.3) is 0 Å². The minimum atomic E-state index is -0.733. The molecule has 0 radical (unpaired) electrons. The summed E-state index contributed by atoms with van der Waals surface area (Å²) in [4.78, 5) is 24.1. The number of carbonyl (C=O) groups is 2. The summed E-state index contributed by atoms with van der Waals surface area (Å²) in [6.45, 7) is -0.605. The molecule has 1 aromatic carbocycles. The van der Waals surface area contributed by atoms with Crippen LogP contribution in [0.15, 0.2) is 54.6 Å². The smallest absolute Gasteiger partial charge is 0.220 e. The predicted octanol–water partition coefficient (Wildman–Crippen LogP) is 1.69. The third kappa shape index (κ3) is 9.60. The highest BCUT2D eigenvalue weighted by Gasteiger charge is 2.39. The lowest BCUT2D eigenvalue weighted by atomic mass is 9.90. The molecule has 1 aliphatic rings. The summed E-state index contributed by atoms with van der Waals surface area (Å²) in [5, 5.41) is 41.1. The van der Waals surface area contributed by atoms with E-state index in [1.807, 2.05) is 42.5 Å². The molecular weight excluding hydrogens is 422 g/mol. The van der Waals surface area contributed by atoms with Crippen molar-refractivity contribution in [2.45, 2.75) is 63.2 Å². The second-order valence-electron chi connectivity index (χ2n) is 8.63. The van der Waals surface area contributed by atoms with Crippen LogP contribution in [0.1, 0.15) is 44.1 Å². The molecule has 0 bridgehead atoms. The standard InChI is InChI=1S/C26H37NO6/c28-17-20(18-29)27-26(33)11-7-2-1-6-10-22-23(25(32)16-24(22)31)15-14-21(30)13-12-19-8-4-3-5-9-19/h1,3-6,8-9,14-15,20-23,25,28-30,32H,2,7,10-13,16-18H2,(H,27,33)/b6-1-,15-14+/t21?,22-,23-,25-/m1/s1. The Hall–Kier alpha value is -2.32. The van der Waals surface area contributed by atoms with Crippen molar-refractivity contribution in [2.75, 3.05) is 13.2 Å². The van der Waals surface area contributed by atoms with E-state index in [9.17, 15) is 19.8 Å². The maximum Gasteiger partial charge on any atom is 0.220 e. The molecule has 7 nitrogen and oxygen atoms in total. The monoisotopic (exact) mass is 459 g/mol. The first kappa shape index (κ1) is 26.9. The second kappa shape index (κ2) is 14.8. The first-order chi connectivity index (χ1) is 15.9. The number of aliphatic hydroxyl groups excluding tert-OH is 4. The van der Waals surface area contributed by atoms with Crippen LogP contribution < -0.4 is 5.32 Å². The molecule has 0 heterocycles. The number of aryl methyl sites for hydroxylation is 1. The molecule has 7 heteroatoms. The molecular formula is C26H37NO6. The Morgan fingerprint density at radius 3 is 2.58 bits per heavy atom. The van der Waals surface area contributed by atoms with Gasteiger partial charge in [0.2, 0.25) is 5.91 Å². The number of amides is 1. The summed E-state index contributed by atoms with van der Waals surface area (Å²) in [6, 6.07) is 9.30. The highest BCUT2D eigenvalue weighted by atomic mass is 16.3. The third-order valence-electron chi connectivity index (χ3n) is 6.00. The Morgan fingerprint density at radius 2 is 1.88 bits per heavy atom. The van der Waals surface area contributed by atoms with Gasteiger partial charge in [0.15, 0.2) is 0 Å². The van der Waals surface area contributed by atoms with Gasteiger partial charge in [-0.05, 0) is 37.7 Å². The lowest BCUT2D eigenvalue weighted by Gasteiger charge is -2.16. The normalized spacial score (nSPS) is 22.0. The maximum absolute atomic E-state index is 12.3. The number of rotatable bonds is 14. The van der Waals surface area contributed by atoms with Crippen molar-refractivity contribution in [3.8, 4) is 0 Å². The highest BCUT2D eigenvalue weighted by Crippen LogP contribution is 2.33. The fraction of sp³-hybridized carbons (Fsp3) is 0.538. The SMILES string of the molecule is O=C(CCC/C=C\C[C@H]1C(=O)C[C@@H](O)[C@@H]1/C=C/C(O)CCc1ccccc1)NC(CO)CO. The molecule has 1 amide bonds. The quantitative estimate of drug-likeness (QED) is 0.213. The topological polar surface area (TPSA) is 127 Å². The molecule has 1 fully saturated rings. The van der Waals surface area contributed by atoms with E-state index in [-0.39, 0.29) is 49.6 Å². The zero-order valence-corrected chi connectivity index (χ0v) is 19.1. The van der Waals surface area contributed by atoms with Crippen molar-refractivity contribution in [3.63, 3.8) is 0 Å². The Morgan fingerprint density at radius 1 is 1.15 bits per heavy atom. The number of nitrogens with one attached hydrogen (secondary N) is 1. The van der Waals surface area contributed by atoms with Gasteiger partial charge in [-0.2, -0.15) is 0 Å². The number of allylic oxidation sites excluding steroid dienone is 2. The minimum Gasteiger partial charge on any atom is -0.394 e. The molecule has 0 aromatic heterocycles. The van der Waals surface area contributed by atoms with Gasteiger partial charge < -0.3 is 25.7 Å². The van der Waals surface area contributed by atoms with Gasteiger partial charge in [0.1, 0.15) is 5.78 Å². The number of benzene rings is 1. The Balaban J connectivity index is 1.75. The summed E-state index contributed by atoms with van der Waals surface area (Å²) in [7, 11) is 0. The van der Waals surface area contributed by atoms with E-state index in [4.69, 9.17) is 10.2 Å². The van der Waals surface area contributed by atoms with Crippen LogP contribution in [0.4, 0.5) is 0 Å². The summed E-state index contributed by atoms with van der Waals surface area (Å²) in [5.74, 6) is -0.819. The Kier molecular flexibility index (Phi) is 12.0. The Labute approximate surface area is 195 Å². The van der Waals surface area contributed by atoms with Crippen LogP contribution in [0.2, 0.25) is 0 Å². The van der Waals surface area contributed by atoms with E-state index in [1.165, 1.54) is 0 Å². The fourth-order valence-corrected chi connectivity index (χ4v) is 4.03. The molecule has 1 unspecified atom stereocenters. The van der Waals surface area contributed by atoms with Crippen LogP contribution >= 0.6 is 0 Å². The van der Waals surface area contributed by atoms with Crippen LogP contribution in [0.3, 0.4) is 0 Å². The maximum atomic E-state index is 12.3. The van der Waals surface area contributed by atoms with Gasteiger partial charge in [-0.25, -0.2) is 0 Å². The van der Waals surface area contributed by atoms with E-state index < -0.39 is 18.2 Å². The lowest BCUT2D eigenvalue weighted by Crippen LogP contribution is -2.39. The molecule has 1 saturated carbocycles. The zero-order valence-electron chi connectivity index (χ0n) is 19.1. The summed E-state index contributed by atoms with van der Waals surface area (Å²) < 4.78 is 0. The van der Waals surface area contributed by atoms with Crippen molar-refractivity contribution < 1.29 is 30.0 Å². The minimum absolute atomic E-state index is 0.0269. The number of carbonyl (C=O) groups excluding carboxylic acids is 2. The molecule has 1 aromatic rings. The fourth-order valence-electron chi connectivity index (χ4n) is 4.03. The van der Waals surface area contributed by atoms with Crippen molar-refractivity contribution in [1.29, 1.82) is 0 Å². The van der Waals surface area contributed by atoms with Crippen LogP contribution in [0.5, 0.6) is 0 Å². The van der Waals surface area contributed by atoms with E-state index in [2.05, 4.69) is 5.32 Å². The average Bonchev–Trinajstić information content (AvgIpc) is 3.09. The van der Waals surface area contributed by atoms with Crippen molar-refractivity contribution in [3.05, 3.63) is 60.2 Å². The van der Waals surface area contributed by atoms with E-state index in [0.717, 1.165) is 12.0 Å².